The van der Waals surface area contributed by atoms with E-state index < -0.39 is 0 Å². The van der Waals surface area contributed by atoms with E-state index in [1.807, 2.05) is 30.3 Å². The largest absolute Gasteiger partial charge is 0.466 e. The molecular weight excluding hydrogens is 168 g/mol. The lowest BCUT2D eigenvalue weighted by Gasteiger charge is -1.91. The predicted molar refractivity (Wildman–Crippen MR) is 51.1 cm³/mol. The zero-order valence-electron chi connectivity index (χ0n) is 7.36. The summed E-state index contributed by atoms with van der Waals surface area (Å²) < 4.78 is 4.45. The lowest BCUT2D eigenvalue weighted by atomic mass is 10.2. The molecule has 2 N–H and O–H groups in total. The molecule has 1 rings (SSSR count). The van der Waals surface area contributed by atoms with E-state index in [0.29, 0.717) is 0 Å². The van der Waals surface area contributed by atoms with Crippen LogP contribution in [-0.2, 0) is 9.53 Å². The van der Waals surface area contributed by atoms with Gasteiger partial charge in [-0.25, -0.2) is 4.79 Å². The maximum Gasteiger partial charge on any atom is 0.330 e. The Hall–Kier alpha value is -1.61. The van der Waals surface area contributed by atoms with E-state index in [0.717, 1.165) is 5.56 Å². The molecule has 1 aromatic carbocycles. The second-order valence-electron chi connectivity index (χ2n) is 2.27. The van der Waals surface area contributed by atoms with Crippen molar-refractivity contribution in [2.45, 2.75) is 0 Å². The molecule has 0 radical (unpaired) electrons. The molecule has 3 nitrogen and oxygen atoms in total. The Labute approximate surface area is 77.0 Å². The van der Waals surface area contributed by atoms with Crippen molar-refractivity contribution in [3.63, 3.8) is 0 Å². The minimum absolute atomic E-state index is 0. The Morgan fingerprint density at radius 1 is 1.31 bits per heavy atom. The van der Waals surface area contributed by atoms with Crippen molar-refractivity contribution in [3.8, 4) is 0 Å². The summed E-state index contributed by atoms with van der Waals surface area (Å²) in [5.41, 5.74) is 0.989. The molecule has 0 heterocycles. The molecule has 0 saturated heterocycles. The first-order valence-corrected chi connectivity index (χ1v) is 3.64. The highest BCUT2D eigenvalue weighted by atomic mass is 16.5. The van der Waals surface area contributed by atoms with Gasteiger partial charge in [0, 0.05) is 6.08 Å². The number of esters is 1. The Morgan fingerprint density at radius 2 is 1.92 bits per heavy atom. The maximum atomic E-state index is 10.7. The molecule has 0 fully saturated rings. The third-order valence-corrected chi connectivity index (χ3v) is 1.41. The molecular formula is C10H12O3. The van der Waals surface area contributed by atoms with Crippen LogP contribution in [0.3, 0.4) is 0 Å². The Kier molecular flexibility index (Phi) is 5.23. The van der Waals surface area contributed by atoms with E-state index in [4.69, 9.17) is 0 Å². The third kappa shape index (κ3) is 4.08. The Balaban J connectivity index is 0.00000144. The van der Waals surface area contributed by atoms with Crippen LogP contribution < -0.4 is 0 Å². The summed E-state index contributed by atoms with van der Waals surface area (Å²) >= 11 is 0. The van der Waals surface area contributed by atoms with Gasteiger partial charge in [-0.05, 0) is 11.6 Å². The van der Waals surface area contributed by atoms with Crippen molar-refractivity contribution in [1.82, 2.24) is 0 Å². The van der Waals surface area contributed by atoms with Crippen LogP contribution in [0.15, 0.2) is 36.4 Å². The monoisotopic (exact) mass is 180 g/mol. The second-order valence-corrected chi connectivity index (χ2v) is 2.27. The van der Waals surface area contributed by atoms with Crippen molar-refractivity contribution in [2.24, 2.45) is 0 Å². The summed E-state index contributed by atoms with van der Waals surface area (Å²) in [5, 5.41) is 0. The molecule has 0 aliphatic heterocycles. The highest BCUT2D eigenvalue weighted by molar-refractivity contribution is 5.86. The molecule has 0 amide bonds. The first-order chi connectivity index (χ1) is 5.83. The molecule has 3 heteroatoms. The number of hydrogen-bond donors (Lipinski definition) is 0. The van der Waals surface area contributed by atoms with Crippen LogP contribution in [0, 0.1) is 0 Å². The van der Waals surface area contributed by atoms with Gasteiger partial charge in [-0.15, -0.1) is 0 Å². The molecule has 0 atom stereocenters. The fraction of sp³-hybridized carbons (Fsp3) is 0.100. The molecule has 0 aromatic heterocycles. The molecule has 0 spiro atoms. The van der Waals surface area contributed by atoms with Crippen molar-refractivity contribution in [1.29, 1.82) is 0 Å². The van der Waals surface area contributed by atoms with Crippen LogP contribution in [0.25, 0.3) is 6.08 Å². The van der Waals surface area contributed by atoms with Crippen molar-refractivity contribution >= 4 is 12.0 Å². The predicted octanol–water partition coefficient (Wildman–Crippen LogP) is 1.05. The minimum Gasteiger partial charge on any atom is -0.466 e. The fourth-order valence-electron chi connectivity index (χ4n) is 0.796. The standard InChI is InChI=1S/C10H10O2.H2O/c1-12-10(11)8-7-9-5-3-2-4-6-9;/h2-8H,1H3;1H2/b8-7+;. The summed E-state index contributed by atoms with van der Waals surface area (Å²) in [5.74, 6) is -0.334. The smallest absolute Gasteiger partial charge is 0.330 e. The van der Waals surface area contributed by atoms with E-state index >= 15 is 0 Å². The lowest BCUT2D eigenvalue weighted by molar-refractivity contribution is -0.134. The molecule has 13 heavy (non-hydrogen) atoms. The Morgan fingerprint density at radius 3 is 2.46 bits per heavy atom. The summed E-state index contributed by atoms with van der Waals surface area (Å²) in [6.07, 6.45) is 3.11. The quantitative estimate of drug-likeness (QED) is 0.504. The number of ether oxygens (including phenoxy) is 1. The van der Waals surface area contributed by atoms with Crippen LogP contribution in [0.2, 0.25) is 0 Å². The van der Waals surface area contributed by atoms with E-state index in [1.54, 1.807) is 6.08 Å². The summed E-state index contributed by atoms with van der Waals surface area (Å²) in [6, 6.07) is 9.59. The minimum atomic E-state index is -0.334. The lowest BCUT2D eigenvalue weighted by Crippen LogP contribution is -1.92. The highest BCUT2D eigenvalue weighted by Gasteiger charge is 1.89. The summed E-state index contributed by atoms with van der Waals surface area (Å²) in [7, 11) is 1.36. The molecule has 0 saturated carbocycles. The van der Waals surface area contributed by atoms with Crippen molar-refractivity contribution in [3.05, 3.63) is 42.0 Å². The van der Waals surface area contributed by atoms with E-state index in [9.17, 15) is 4.79 Å². The van der Waals surface area contributed by atoms with Crippen LogP contribution >= 0.6 is 0 Å². The van der Waals surface area contributed by atoms with Gasteiger partial charge in [-0.2, -0.15) is 0 Å². The van der Waals surface area contributed by atoms with Gasteiger partial charge in [0.15, 0.2) is 0 Å². The molecule has 0 bridgehead atoms. The van der Waals surface area contributed by atoms with Gasteiger partial charge in [0.05, 0.1) is 7.11 Å². The average Bonchev–Trinajstić information content (AvgIpc) is 2.16. The first-order valence-electron chi connectivity index (χ1n) is 3.64. The van der Waals surface area contributed by atoms with Crippen LogP contribution in [0.4, 0.5) is 0 Å². The van der Waals surface area contributed by atoms with Crippen LogP contribution in [0.5, 0.6) is 0 Å². The molecule has 1 aromatic rings. The first kappa shape index (κ1) is 11.4. The Bertz CT molecular complexity index is 277. The number of benzene rings is 1. The highest BCUT2D eigenvalue weighted by Crippen LogP contribution is 2.00. The van der Waals surface area contributed by atoms with Gasteiger partial charge >= 0.3 is 5.97 Å². The van der Waals surface area contributed by atoms with Crippen molar-refractivity contribution in [2.75, 3.05) is 7.11 Å². The van der Waals surface area contributed by atoms with E-state index in [2.05, 4.69) is 4.74 Å². The van der Waals surface area contributed by atoms with Gasteiger partial charge in [0.2, 0.25) is 0 Å². The maximum absolute atomic E-state index is 10.7. The second kappa shape index (κ2) is 5.97. The SMILES string of the molecule is COC(=O)/C=C/c1ccccc1.O. The number of methoxy groups -OCH3 is 1. The number of hydrogen-bond acceptors (Lipinski definition) is 2. The number of rotatable bonds is 2. The van der Waals surface area contributed by atoms with Gasteiger partial charge in [-0.3, -0.25) is 0 Å². The zero-order chi connectivity index (χ0) is 8.81. The number of carbonyl (C=O) groups is 1. The fourth-order valence-corrected chi connectivity index (χ4v) is 0.796. The van der Waals surface area contributed by atoms with E-state index in [-0.39, 0.29) is 11.4 Å². The molecule has 70 valence electrons. The average molecular weight is 180 g/mol. The third-order valence-electron chi connectivity index (χ3n) is 1.41. The van der Waals surface area contributed by atoms with E-state index in [1.165, 1.54) is 13.2 Å². The molecule has 0 aliphatic rings. The summed E-state index contributed by atoms with van der Waals surface area (Å²) in [4.78, 5) is 10.7. The topological polar surface area (TPSA) is 57.8 Å². The van der Waals surface area contributed by atoms with Crippen LogP contribution in [0.1, 0.15) is 5.56 Å². The van der Waals surface area contributed by atoms with Crippen LogP contribution in [-0.4, -0.2) is 18.6 Å². The summed E-state index contributed by atoms with van der Waals surface area (Å²) in [6.45, 7) is 0. The molecule has 0 unspecified atom stereocenters. The van der Waals surface area contributed by atoms with Gasteiger partial charge in [-0.1, -0.05) is 30.3 Å². The van der Waals surface area contributed by atoms with Gasteiger partial charge in [0.25, 0.3) is 0 Å². The zero-order valence-corrected chi connectivity index (χ0v) is 7.36. The molecule has 0 aliphatic carbocycles. The number of carbonyl (C=O) groups excluding carboxylic acids is 1. The van der Waals surface area contributed by atoms with Gasteiger partial charge in [0.1, 0.15) is 0 Å². The van der Waals surface area contributed by atoms with Crippen molar-refractivity contribution < 1.29 is 15.0 Å². The van der Waals surface area contributed by atoms with Gasteiger partial charge < -0.3 is 10.2 Å². The normalized spacial score (nSPS) is 9.31.